The van der Waals surface area contributed by atoms with E-state index in [0.717, 1.165) is 32.1 Å². The van der Waals surface area contributed by atoms with Gasteiger partial charge < -0.3 is 5.11 Å². The molecule has 0 saturated heterocycles. The summed E-state index contributed by atoms with van der Waals surface area (Å²) in [6.45, 7) is 1.79. The van der Waals surface area contributed by atoms with Gasteiger partial charge in [-0.25, -0.2) is 13.1 Å². The molecule has 0 bridgehead atoms. The maximum Gasteiger partial charge on any atom is 0.303 e. The molecular formula is C12H23NO4S. The van der Waals surface area contributed by atoms with E-state index in [2.05, 4.69) is 4.72 Å². The molecule has 1 unspecified atom stereocenters. The summed E-state index contributed by atoms with van der Waals surface area (Å²) < 4.78 is 26.8. The van der Waals surface area contributed by atoms with Gasteiger partial charge in [0.25, 0.3) is 0 Å². The first-order chi connectivity index (χ1) is 8.42. The molecule has 1 atom stereocenters. The zero-order valence-electron chi connectivity index (χ0n) is 10.9. The molecule has 18 heavy (non-hydrogen) atoms. The van der Waals surface area contributed by atoms with Crippen molar-refractivity contribution >= 4 is 16.0 Å². The van der Waals surface area contributed by atoms with Gasteiger partial charge in [0.15, 0.2) is 0 Å². The topological polar surface area (TPSA) is 83.5 Å². The SMILES string of the molecule is CC(CCCC(=O)O)NS(=O)(=O)C1CCCCC1. The van der Waals surface area contributed by atoms with Crippen molar-refractivity contribution in [3.05, 3.63) is 0 Å². The Bertz CT molecular complexity index is 360. The lowest BCUT2D eigenvalue weighted by molar-refractivity contribution is -0.137. The van der Waals surface area contributed by atoms with Crippen LogP contribution in [0.25, 0.3) is 0 Å². The van der Waals surface area contributed by atoms with Crippen LogP contribution in [-0.2, 0) is 14.8 Å². The van der Waals surface area contributed by atoms with E-state index in [9.17, 15) is 13.2 Å². The van der Waals surface area contributed by atoms with Gasteiger partial charge in [0.05, 0.1) is 5.25 Å². The zero-order valence-corrected chi connectivity index (χ0v) is 11.7. The molecule has 0 spiro atoms. The number of carboxylic acids is 1. The molecule has 0 aromatic rings. The number of hydrogen-bond donors (Lipinski definition) is 2. The van der Waals surface area contributed by atoms with Crippen molar-refractivity contribution in [1.82, 2.24) is 4.72 Å². The Morgan fingerprint density at radius 3 is 2.50 bits per heavy atom. The summed E-state index contributed by atoms with van der Waals surface area (Å²) >= 11 is 0. The van der Waals surface area contributed by atoms with Crippen molar-refractivity contribution in [2.75, 3.05) is 0 Å². The van der Waals surface area contributed by atoms with Gasteiger partial charge in [-0.05, 0) is 32.6 Å². The molecule has 0 heterocycles. The highest BCUT2D eigenvalue weighted by Crippen LogP contribution is 2.23. The van der Waals surface area contributed by atoms with Gasteiger partial charge in [-0.2, -0.15) is 0 Å². The van der Waals surface area contributed by atoms with E-state index in [-0.39, 0.29) is 17.7 Å². The summed E-state index contributed by atoms with van der Waals surface area (Å²) in [5.41, 5.74) is 0. The highest BCUT2D eigenvalue weighted by atomic mass is 32.2. The molecule has 0 aromatic heterocycles. The normalized spacial score (nSPS) is 19.6. The van der Waals surface area contributed by atoms with Crippen molar-refractivity contribution in [3.8, 4) is 0 Å². The van der Waals surface area contributed by atoms with Gasteiger partial charge in [0.1, 0.15) is 0 Å². The van der Waals surface area contributed by atoms with Crippen LogP contribution in [0, 0.1) is 0 Å². The molecule has 0 aromatic carbocycles. The number of carbonyl (C=O) groups is 1. The molecule has 1 rings (SSSR count). The van der Waals surface area contributed by atoms with E-state index < -0.39 is 16.0 Å². The Labute approximate surface area is 109 Å². The Morgan fingerprint density at radius 2 is 1.94 bits per heavy atom. The lowest BCUT2D eigenvalue weighted by Crippen LogP contribution is -2.40. The minimum atomic E-state index is -3.23. The Morgan fingerprint density at radius 1 is 1.33 bits per heavy atom. The largest absolute Gasteiger partial charge is 0.481 e. The first kappa shape index (κ1) is 15.4. The summed E-state index contributed by atoms with van der Waals surface area (Å²) in [6.07, 6.45) is 5.75. The van der Waals surface area contributed by atoms with Gasteiger partial charge in [-0.1, -0.05) is 19.3 Å². The van der Waals surface area contributed by atoms with Gasteiger partial charge in [0.2, 0.25) is 10.0 Å². The highest BCUT2D eigenvalue weighted by molar-refractivity contribution is 7.90. The third-order valence-electron chi connectivity index (χ3n) is 3.38. The maximum atomic E-state index is 12.1. The number of aliphatic carboxylic acids is 1. The second-order valence-corrected chi connectivity index (χ2v) is 7.10. The standard InChI is InChI=1S/C12H23NO4S/c1-10(6-5-9-12(14)15)13-18(16,17)11-7-3-2-4-8-11/h10-11,13H,2-9H2,1H3,(H,14,15). The van der Waals surface area contributed by atoms with Gasteiger partial charge in [0, 0.05) is 12.5 Å². The van der Waals surface area contributed by atoms with E-state index in [0.29, 0.717) is 12.8 Å². The highest BCUT2D eigenvalue weighted by Gasteiger charge is 2.28. The Balaban J connectivity index is 2.36. The fourth-order valence-electron chi connectivity index (χ4n) is 2.37. The molecule has 106 valence electrons. The summed E-state index contributed by atoms with van der Waals surface area (Å²) in [6, 6.07) is -0.184. The molecule has 0 amide bonds. The average Bonchev–Trinajstić information content (AvgIpc) is 2.29. The maximum absolute atomic E-state index is 12.1. The molecule has 1 aliphatic rings. The van der Waals surface area contributed by atoms with Crippen LogP contribution in [0.4, 0.5) is 0 Å². The fourth-order valence-corrected chi connectivity index (χ4v) is 4.20. The van der Waals surface area contributed by atoms with Crippen LogP contribution in [0.3, 0.4) is 0 Å². The molecule has 2 N–H and O–H groups in total. The van der Waals surface area contributed by atoms with E-state index in [4.69, 9.17) is 5.11 Å². The van der Waals surface area contributed by atoms with E-state index in [1.807, 2.05) is 0 Å². The third kappa shape index (κ3) is 5.35. The summed E-state index contributed by atoms with van der Waals surface area (Å²) in [5.74, 6) is -0.836. The Hall–Kier alpha value is -0.620. The van der Waals surface area contributed by atoms with Crippen LogP contribution in [0.1, 0.15) is 58.3 Å². The zero-order chi connectivity index (χ0) is 13.6. The van der Waals surface area contributed by atoms with Crippen molar-refractivity contribution in [2.24, 2.45) is 0 Å². The van der Waals surface area contributed by atoms with E-state index in [1.54, 1.807) is 6.92 Å². The molecule has 1 fully saturated rings. The number of rotatable bonds is 7. The van der Waals surface area contributed by atoms with Crippen molar-refractivity contribution < 1.29 is 18.3 Å². The van der Waals surface area contributed by atoms with Crippen LogP contribution in [0.2, 0.25) is 0 Å². The molecule has 0 radical (unpaired) electrons. The van der Waals surface area contributed by atoms with E-state index in [1.165, 1.54) is 0 Å². The quantitative estimate of drug-likeness (QED) is 0.744. The number of hydrogen-bond acceptors (Lipinski definition) is 3. The summed E-state index contributed by atoms with van der Waals surface area (Å²) in [4.78, 5) is 10.4. The van der Waals surface area contributed by atoms with Crippen LogP contribution in [0.5, 0.6) is 0 Å². The predicted octanol–water partition coefficient (Wildman–Crippen LogP) is 1.88. The molecule has 1 aliphatic carbocycles. The molecule has 1 saturated carbocycles. The Kier molecular flexibility index (Phi) is 6.08. The monoisotopic (exact) mass is 277 g/mol. The van der Waals surface area contributed by atoms with Gasteiger partial charge in [-0.15, -0.1) is 0 Å². The fraction of sp³-hybridized carbons (Fsp3) is 0.917. The smallest absolute Gasteiger partial charge is 0.303 e. The molecule has 6 heteroatoms. The first-order valence-electron chi connectivity index (χ1n) is 6.65. The minimum absolute atomic E-state index is 0.0928. The predicted molar refractivity (Wildman–Crippen MR) is 69.9 cm³/mol. The van der Waals surface area contributed by atoms with Crippen LogP contribution >= 0.6 is 0 Å². The van der Waals surface area contributed by atoms with Crippen LogP contribution in [0.15, 0.2) is 0 Å². The number of nitrogens with one attached hydrogen (secondary N) is 1. The lowest BCUT2D eigenvalue weighted by atomic mass is 10.0. The summed E-state index contributed by atoms with van der Waals surface area (Å²) in [5, 5.41) is 8.27. The minimum Gasteiger partial charge on any atom is -0.481 e. The summed E-state index contributed by atoms with van der Waals surface area (Å²) in [7, 11) is -3.23. The van der Waals surface area contributed by atoms with Crippen molar-refractivity contribution in [1.29, 1.82) is 0 Å². The number of sulfonamides is 1. The second-order valence-electron chi connectivity index (χ2n) is 5.11. The van der Waals surface area contributed by atoms with Gasteiger partial charge in [-0.3, -0.25) is 4.79 Å². The van der Waals surface area contributed by atoms with Crippen molar-refractivity contribution in [3.63, 3.8) is 0 Å². The third-order valence-corrected chi connectivity index (χ3v) is 5.46. The second kappa shape index (κ2) is 7.09. The molecule has 5 nitrogen and oxygen atoms in total. The average molecular weight is 277 g/mol. The van der Waals surface area contributed by atoms with Gasteiger partial charge >= 0.3 is 5.97 Å². The van der Waals surface area contributed by atoms with Crippen LogP contribution in [-0.4, -0.2) is 30.8 Å². The van der Waals surface area contributed by atoms with Crippen molar-refractivity contribution in [2.45, 2.75) is 69.6 Å². The number of carboxylic acid groups (broad SMARTS) is 1. The lowest BCUT2D eigenvalue weighted by Gasteiger charge is -2.24. The molecule has 0 aliphatic heterocycles. The van der Waals surface area contributed by atoms with E-state index >= 15 is 0 Å². The molecular weight excluding hydrogens is 254 g/mol. The first-order valence-corrected chi connectivity index (χ1v) is 8.19. The van der Waals surface area contributed by atoms with Crippen LogP contribution < -0.4 is 4.72 Å².